The molecule has 2 aromatic carbocycles. The number of halogens is 1. The first-order valence-electron chi connectivity index (χ1n) is 7.19. The largest absolute Gasteiger partial charge is 0.349 e. The number of nitrogens with one attached hydrogen (secondary N) is 1. The molecule has 2 rings (SSSR count). The number of carbonyl (C=O) groups is 1. The molecule has 0 aromatic heterocycles. The van der Waals surface area contributed by atoms with Gasteiger partial charge in [-0.3, -0.25) is 4.79 Å². The third-order valence-corrected chi connectivity index (χ3v) is 4.03. The fourth-order valence-electron chi connectivity index (χ4n) is 2.25. The Labute approximate surface area is 134 Å². The van der Waals surface area contributed by atoms with E-state index in [0.717, 1.165) is 22.0 Å². The second-order valence-electron chi connectivity index (χ2n) is 5.24. The SMILES string of the molecule is CC[C@@H](NC(=O)Cc1ccc(Br)cc1)c1ccc(C)cc1. The Morgan fingerprint density at radius 1 is 1.10 bits per heavy atom. The van der Waals surface area contributed by atoms with Gasteiger partial charge in [-0.15, -0.1) is 0 Å². The van der Waals surface area contributed by atoms with Crippen LogP contribution in [-0.4, -0.2) is 5.91 Å². The van der Waals surface area contributed by atoms with Crippen LogP contribution in [0.15, 0.2) is 53.0 Å². The van der Waals surface area contributed by atoms with E-state index in [1.807, 2.05) is 24.3 Å². The Kier molecular flexibility index (Phi) is 5.57. The van der Waals surface area contributed by atoms with Gasteiger partial charge in [0.05, 0.1) is 12.5 Å². The van der Waals surface area contributed by atoms with E-state index >= 15 is 0 Å². The van der Waals surface area contributed by atoms with Crippen molar-refractivity contribution in [3.8, 4) is 0 Å². The number of amides is 1. The molecule has 2 aromatic rings. The molecule has 0 unspecified atom stereocenters. The maximum Gasteiger partial charge on any atom is 0.224 e. The van der Waals surface area contributed by atoms with E-state index in [1.54, 1.807) is 0 Å². The third kappa shape index (κ3) is 4.71. The molecule has 0 aliphatic rings. The van der Waals surface area contributed by atoms with Gasteiger partial charge in [-0.1, -0.05) is 64.8 Å². The first kappa shape index (κ1) is 15.8. The molecular formula is C18H20BrNO. The summed E-state index contributed by atoms with van der Waals surface area (Å²) in [5.41, 5.74) is 3.41. The third-order valence-electron chi connectivity index (χ3n) is 3.50. The molecule has 1 amide bonds. The molecule has 0 aliphatic carbocycles. The van der Waals surface area contributed by atoms with Crippen molar-refractivity contribution in [1.29, 1.82) is 0 Å². The van der Waals surface area contributed by atoms with Gasteiger partial charge in [0.2, 0.25) is 5.91 Å². The first-order chi connectivity index (χ1) is 10.1. The van der Waals surface area contributed by atoms with Gasteiger partial charge < -0.3 is 5.32 Å². The maximum atomic E-state index is 12.2. The number of carbonyl (C=O) groups excluding carboxylic acids is 1. The lowest BCUT2D eigenvalue weighted by molar-refractivity contribution is -0.121. The van der Waals surface area contributed by atoms with Crippen molar-refractivity contribution in [3.05, 3.63) is 69.7 Å². The van der Waals surface area contributed by atoms with Crippen molar-refractivity contribution in [3.63, 3.8) is 0 Å². The molecule has 1 N–H and O–H groups in total. The highest BCUT2D eigenvalue weighted by molar-refractivity contribution is 9.10. The van der Waals surface area contributed by atoms with Gasteiger partial charge in [0, 0.05) is 4.47 Å². The average molecular weight is 346 g/mol. The minimum absolute atomic E-state index is 0.0600. The van der Waals surface area contributed by atoms with E-state index in [-0.39, 0.29) is 11.9 Å². The second-order valence-corrected chi connectivity index (χ2v) is 6.16. The number of hydrogen-bond acceptors (Lipinski definition) is 1. The van der Waals surface area contributed by atoms with Gasteiger partial charge in [-0.2, -0.15) is 0 Å². The highest BCUT2D eigenvalue weighted by Gasteiger charge is 2.12. The lowest BCUT2D eigenvalue weighted by Gasteiger charge is -2.18. The van der Waals surface area contributed by atoms with Crippen LogP contribution in [-0.2, 0) is 11.2 Å². The molecule has 0 spiro atoms. The molecule has 0 bridgehead atoms. The highest BCUT2D eigenvalue weighted by atomic mass is 79.9. The van der Waals surface area contributed by atoms with Gasteiger partial charge in [0.1, 0.15) is 0 Å². The van der Waals surface area contributed by atoms with Crippen LogP contribution in [0.5, 0.6) is 0 Å². The van der Waals surface area contributed by atoms with E-state index in [2.05, 4.69) is 59.4 Å². The molecule has 0 saturated heterocycles. The lowest BCUT2D eigenvalue weighted by atomic mass is 10.0. The zero-order chi connectivity index (χ0) is 15.2. The van der Waals surface area contributed by atoms with Crippen LogP contribution in [0.1, 0.15) is 36.1 Å². The van der Waals surface area contributed by atoms with E-state index in [0.29, 0.717) is 6.42 Å². The fourth-order valence-corrected chi connectivity index (χ4v) is 2.52. The van der Waals surface area contributed by atoms with Gasteiger partial charge >= 0.3 is 0 Å². The summed E-state index contributed by atoms with van der Waals surface area (Å²) in [6.07, 6.45) is 1.30. The lowest BCUT2D eigenvalue weighted by Crippen LogP contribution is -2.29. The Bertz CT molecular complexity index is 590. The summed E-state index contributed by atoms with van der Waals surface area (Å²) >= 11 is 3.40. The Hall–Kier alpha value is -1.61. The topological polar surface area (TPSA) is 29.1 Å². The van der Waals surface area contributed by atoms with Crippen LogP contribution >= 0.6 is 15.9 Å². The molecule has 2 nitrogen and oxygen atoms in total. The first-order valence-corrected chi connectivity index (χ1v) is 7.98. The van der Waals surface area contributed by atoms with E-state index < -0.39 is 0 Å². The van der Waals surface area contributed by atoms with E-state index in [1.165, 1.54) is 5.56 Å². The number of rotatable bonds is 5. The monoisotopic (exact) mass is 345 g/mol. The Morgan fingerprint density at radius 3 is 2.29 bits per heavy atom. The minimum atomic E-state index is 0.0600. The van der Waals surface area contributed by atoms with Crippen LogP contribution < -0.4 is 5.32 Å². The van der Waals surface area contributed by atoms with Gasteiger partial charge in [0.15, 0.2) is 0 Å². The number of aryl methyl sites for hydroxylation is 1. The zero-order valence-corrected chi connectivity index (χ0v) is 14.0. The summed E-state index contributed by atoms with van der Waals surface area (Å²) in [5.74, 6) is 0.0600. The summed E-state index contributed by atoms with van der Waals surface area (Å²) in [6, 6.07) is 16.3. The molecule has 1 atom stereocenters. The van der Waals surface area contributed by atoms with E-state index in [9.17, 15) is 4.79 Å². The minimum Gasteiger partial charge on any atom is -0.349 e. The van der Waals surface area contributed by atoms with Gasteiger partial charge in [-0.05, 0) is 36.6 Å². The predicted octanol–water partition coefficient (Wildman–Crippen LogP) is 4.57. The quantitative estimate of drug-likeness (QED) is 0.844. The van der Waals surface area contributed by atoms with Crippen LogP contribution in [0.25, 0.3) is 0 Å². The van der Waals surface area contributed by atoms with Crippen molar-refractivity contribution in [2.24, 2.45) is 0 Å². The molecule has 110 valence electrons. The summed E-state index contributed by atoms with van der Waals surface area (Å²) in [6.45, 7) is 4.15. The zero-order valence-electron chi connectivity index (χ0n) is 12.4. The van der Waals surface area contributed by atoms with Crippen molar-refractivity contribution in [1.82, 2.24) is 5.32 Å². The molecular weight excluding hydrogens is 326 g/mol. The molecule has 0 aliphatic heterocycles. The standard InChI is InChI=1S/C18H20BrNO/c1-3-17(15-8-4-13(2)5-9-15)20-18(21)12-14-6-10-16(19)11-7-14/h4-11,17H,3,12H2,1-2H3,(H,20,21)/t17-/m1/s1. The van der Waals surface area contributed by atoms with Crippen LogP contribution in [0.3, 0.4) is 0 Å². The predicted molar refractivity (Wildman–Crippen MR) is 90.2 cm³/mol. The Morgan fingerprint density at radius 2 is 1.71 bits per heavy atom. The van der Waals surface area contributed by atoms with Crippen LogP contribution in [0.4, 0.5) is 0 Å². The molecule has 21 heavy (non-hydrogen) atoms. The summed E-state index contributed by atoms with van der Waals surface area (Å²) < 4.78 is 1.03. The molecule has 0 fully saturated rings. The number of benzene rings is 2. The molecule has 3 heteroatoms. The molecule has 0 heterocycles. The second kappa shape index (κ2) is 7.41. The summed E-state index contributed by atoms with van der Waals surface area (Å²) in [4.78, 5) is 12.2. The summed E-state index contributed by atoms with van der Waals surface area (Å²) in [5, 5.41) is 3.11. The van der Waals surface area contributed by atoms with Crippen molar-refractivity contribution < 1.29 is 4.79 Å². The van der Waals surface area contributed by atoms with Crippen LogP contribution in [0.2, 0.25) is 0 Å². The normalized spacial score (nSPS) is 12.0. The maximum absolute atomic E-state index is 12.2. The smallest absolute Gasteiger partial charge is 0.224 e. The van der Waals surface area contributed by atoms with Gasteiger partial charge in [0.25, 0.3) is 0 Å². The van der Waals surface area contributed by atoms with Crippen molar-refractivity contribution in [2.75, 3.05) is 0 Å². The van der Waals surface area contributed by atoms with Crippen molar-refractivity contribution >= 4 is 21.8 Å². The molecule has 0 saturated carbocycles. The van der Waals surface area contributed by atoms with Crippen LogP contribution in [0, 0.1) is 6.92 Å². The average Bonchev–Trinajstić information content (AvgIpc) is 2.48. The fraction of sp³-hybridized carbons (Fsp3) is 0.278. The summed E-state index contributed by atoms with van der Waals surface area (Å²) in [7, 11) is 0. The molecule has 0 radical (unpaired) electrons. The van der Waals surface area contributed by atoms with E-state index in [4.69, 9.17) is 0 Å². The number of hydrogen-bond donors (Lipinski definition) is 1. The highest BCUT2D eigenvalue weighted by Crippen LogP contribution is 2.17. The van der Waals surface area contributed by atoms with Gasteiger partial charge in [-0.25, -0.2) is 0 Å². The van der Waals surface area contributed by atoms with Crippen molar-refractivity contribution in [2.45, 2.75) is 32.7 Å². The Balaban J connectivity index is 1.99.